The normalized spacial score (nSPS) is 10.8. The summed E-state index contributed by atoms with van der Waals surface area (Å²) >= 11 is 1.61. The van der Waals surface area contributed by atoms with Gasteiger partial charge in [0, 0.05) is 6.08 Å². The highest BCUT2D eigenvalue weighted by Gasteiger charge is 2.07. The summed E-state index contributed by atoms with van der Waals surface area (Å²) in [6.07, 6.45) is 3.20. The summed E-state index contributed by atoms with van der Waals surface area (Å²) in [5.41, 5.74) is 0.843. The highest BCUT2D eigenvalue weighted by Crippen LogP contribution is 2.28. The summed E-state index contributed by atoms with van der Waals surface area (Å²) in [6, 6.07) is 13.2. The number of carbonyl (C=O) groups is 1. The van der Waals surface area contributed by atoms with E-state index >= 15 is 0 Å². The molecule has 5 nitrogen and oxygen atoms in total. The van der Waals surface area contributed by atoms with Crippen molar-refractivity contribution in [2.75, 3.05) is 14.2 Å². The number of thiophene rings is 1. The number of hydrogen-bond acceptors (Lipinski definition) is 5. The first-order valence-electron chi connectivity index (χ1n) is 8.00. The minimum Gasteiger partial charge on any atom is -0.493 e. The number of benzene rings is 1. The lowest BCUT2D eigenvalue weighted by Gasteiger charge is -2.07. The molecular formula is C20H19NO4S. The third kappa shape index (κ3) is 4.34. The Balaban J connectivity index is 1.56. The fourth-order valence-corrected chi connectivity index (χ4v) is 3.07. The second kappa shape index (κ2) is 8.40. The molecule has 3 aromatic rings. The van der Waals surface area contributed by atoms with E-state index in [-0.39, 0.29) is 5.91 Å². The molecule has 0 fully saturated rings. The lowest BCUT2D eigenvalue weighted by Crippen LogP contribution is -2.19. The van der Waals surface area contributed by atoms with Crippen molar-refractivity contribution in [1.82, 2.24) is 5.32 Å². The van der Waals surface area contributed by atoms with E-state index < -0.39 is 0 Å². The average molecular weight is 369 g/mol. The van der Waals surface area contributed by atoms with Gasteiger partial charge in [-0.15, -0.1) is 11.3 Å². The zero-order chi connectivity index (χ0) is 18.4. The Kier molecular flexibility index (Phi) is 5.76. The van der Waals surface area contributed by atoms with Crippen LogP contribution in [0.15, 0.2) is 58.3 Å². The highest BCUT2D eigenvalue weighted by molar-refractivity contribution is 7.13. The van der Waals surface area contributed by atoms with E-state index in [2.05, 4.69) is 5.32 Å². The Labute approximate surface area is 155 Å². The minimum atomic E-state index is -0.200. The summed E-state index contributed by atoms with van der Waals surface area (Å²) in [5.74, 6) is 2.58. The Morgan fingerprint density at radius 2 is 2.00 bits per heavy atom. The SMILES string of the molecule is COc1ccc(/C=C/C(=O)NCc2ccc(-c3cccs3)o2)cc1OC. The van der Waals surface area contributed by atoms with Crippen LogP contribution < -0.4 is 14.8 Å². The first kappa shape index (κ1) is 17.8. The molecule has 1 amide bonds. The van der Waals surface area contributed by atoms with E-state index in [9.17, 15) is 4.79 Å². The first-order valence-corrected chi connectivity index (χ1v) is 8.88. The van der Waals surface area contributed by atoms with Crippen LogP contribution in [-0.4, -0.2) is 20.1 Å². The van der Waals surface area contributed by atoms with Crippen molar-refractivity contribution in [2.24, 2.45) is 0 Å². The molecule has 0 bridgehead atoms. The fraction of sp³-hybridized carbons (Fsp3) is 0.150. The second-order valence-electron chi connectivity index (χ2n) is 5.41. The van der Waals surface area contributed by atoms with Crippen LogP contribution in [0.5, 0.6) is 11.5 Å². The van der Waals surface area contributed by atoms with Gasteiger partial charge in [0.2, 0.25) is 5.91 Å². The molecule has 0 aliphatic heterocycles. The summed E-state index contributed by atoms with van der Waals surface area (Å²) in [5, 5.41) is 4.81. The van der Waals surface area contributed by atoms with Crippen LogP contribution in [0, 0.1) is 0 Å². The van der Waals surface area contributed by atoms with E-state index in [1.165, 1.54) is 6.08 Å². The summed E-state index contributed by atoms with van der Waals surface area (Å²) in [7, 11) is 3.16. The zero-order valence-electron chi connectivity index (χ0n) is 14.5. The number of ether oxygens (including phenoxy) is 2. The minimum absolute atomic E-state index is 0.200. The number of amides is 1. The van der Waals surface area contributed by atoms with Crippen LogP contribution in [0.1, 0.15) is 11.3 Å². The predicted molar refractivity (Wildman–Crippen MR) is 102 cm³/mol. The topological polar surface area (TPSA) is 60.7 Å². The largest absolute Gasteiger partial charge is 0.493 e. The maximum Gasteiger partial charge on any atom is 0.244 e. The van der Waals surface area contributed by atoms with Crippen LogP contribution in [0.4, 0.5) is 0 Å². The van der Waals surface area contributed by atoms with Gasteiger partial charge >= 0.3 is 0 Å². The second-order valence-corrected chi connectivity index (χ2v) is 6.36. The highest BCUT2D eigenvalue weighted by atomic mass is 32.1. The predicted octanol–water partition coefficient (Wildman–Crippen LogP) is 4.35. The van der Waals surface area contributed by atoms with Crippen LogP contribution in [0.2, 0.25) is 0 Å². The van der Waals surface area contributed by atoms with Gasteiger partial charge in [0.15, 0.2) is 11.5 Å². The van der Waals surface area contributed by atoms with E-state index in [0.717, 1.165) is 16.2 Å². The molecule has 2 aromatic heterocycles. The lowest BCUT2D eigenvalue weighted by molar-refractivity contribution is -0.116. The van der Waals surface area contributed by atoms with E-state index in [0.29, 0.717) is 23.8 Å². The molecule has 0 saturated heterocycles. The van der Waals surface area contributed by atoms with Crippen LogP contribution in [0.25, 0.3) is 16.7 Å². The Hall–Kier alpha value is -2.99. The van der Waals surface area contributed by atoms with Crippen molar-refractivity contribution in [3.05, 3.63) is 65.2 Å². The number of rotatable bonds is 7. The maximum absolute atomic E-state index is 12.0. The Morgan fingerprint density at radius 1 is 1.15 bits per heavy atom. The van der Waals surface area contributed by atoms with Gasteiger partial charge in [-0.3, -0.25) is 4.79 Å². The first-order chi connectivity index (χ1) is 12.7. The van der Waals surface area contributed by atoms with E-state index in [4.69, 9.17) is 13.9 Å². The zero-order valence-corrected chi connectivity index (χ0v) is 15.3. The monoisotopic (exact) mass is 369 g/mol. The number of methoxy groups -OCH3 is 2. The molecule has 0 saturated carbocycles. The summed E-state index contributed by atoms with van der Waals surface area (Å²) in [4.78, 5) is 13.1. The summed E-state index contributed by atoms with van der Waals surface area (Å²) < 4.78 is 16.2. The maximum atomic E-state index is 12.0. The molecule has 0 aliphatic carbocycles. The molecule has 0 aliphatic rings. The fourth-order valence-electron chi connectivity index (χ4n) is 2.39. The molecule has 0 unspecified atom stereocenters. The molecule has 3 rings (SSSR count). The van der Waals surface area contributed by atoms with E-state index in [1.54, 1.807) is 37.7 Å². The summed E-state index contributed by atoms with van der Waals surface area (Å²) in [6.45, 7) is 0.334. The van der Waals surface area contributed by atoms with Crippen molar-refractivity contribution in [2.45, 2.75) is 6.54 Å². The third-order valence-electron chi connectivity index (χ3n) is 3.70. The number of carbonyl (C=O) groups excluding carboxylic acids is 1. The molecule has 26 heavy (non-hydrogen) atoms. The third-order valence-corrected chi connectivity index (χ3v) is 4.58. The van der Waals surface area contributed by atoms with Crippen LogP contribution >= 0.6 is 11.3 Å². The van der Waals surface area contributed by atoms with Crippen molar-refractivity contribution >= 4 is 23.3 Å². The smallest absolute Gasteiger partial charge is 0.244 e. The number of nitrogens with one attached hydrogen (secondary N) is 1. The molecule has 6 heteroatoms. The van der Waals surface area contributed by atoms with Gasteiger partial charge in [-0.25, -0.2) is 0 Å². The van der Waals surface area contributed by atoms with Gasteiger partial charge in [0.1, 0.15) is 11.5 Å². The van der Waals surface area contributed by atoms with Gasteiger partial charge in [-0.05, 0) is 47.4 Å². The molecule has 0 atom stereocenters. The quantitative estimate of drug-likeness (QED) is 0.629. The molecular weight excluding hydrogens is 350 g/mol. The van der Waals surface area contributed by atoms with Crippen molar-refractivity contribution < 1.29 is 18.7 Å². The molecule has 0 radical (unpaired) electrons. The number of hydrogen-bond donors (Lipinski definition) is 1. The van der Waals surface area contributed by atoms with Crippen molar-refractivity contribution in [3.8, 4) is 22.1 Å². The van der Waals surface area contributed by atoms with Gasteiger partial charge in [-0.1, -0.05) is 12.1 Å². The number of furan rings is 1. The van der Waals surface area contributed by atoms with Gasteiger partial charge < -0.3 is 19.2 Å². The molecule has 134 valence electrons. The standard InChI is InChI=1S/C20H19NO4S/c1-23-16-8-5-14(12-18(16)24-2)6-10-20(22)21-13-15-7-9-17(25-15)19-4-3-11-26-19/h3-12H,13H2,1-2H3,(H,21,22)/b10-6+. The molecule has 2 heterocycles. The van der Waals surface area contributed by atoms with Gasteiger partial charge in [0.25, 0.3) is 0 Å². The van der Waals surface area contributed by atoms with Crippen LogP contribution in [-0.2, 0) is 11.3 Å². The van der Waals surface area contributed by atoms with Crippen molar-refractivity contribution in [3.63, 3.8) is 0 Å². The molecule has 0 spiro atoms. The Morgan fingerprint density at radius 3 is 2.73 bits per heavy atom. The molecule has 1 N–H and O–H groups in total. The average Bonchev–Trinajstić information content (AvgIpc) is 3.35. The van der Waals surface area contributed by atoms with Gasteiger partial charge in [0.05, 0.1) is 25.6 Å². The van der Waals surface area contributed by atoms with Gasteiger partial charge in [-0.2, -0.15) is 0 Å². The van der Waals surface area contributed by atoms with Crippen LogP contribution in [0.3, 0.4) is 0 Å². The lowest BCUT2D eigenvalue weighted by atomic mass is 10.2. The van der Waals surface area contributed by atoms with Crippen molar-refractivity contribution in [1.29, 1.82) is 0 Å². The Bertz CT molecular complexity index is 896. The molecule has 1 aromatic carbocycles. The van der Waals surface area contributed by atoms with E-state index in [1.807, 2.05) is 41.8 Å².